The summed E-state index contributed by atoms with van der Waals surface area (Å²) in [7, 11) is 0. The van der Waals surface area contributed by atoms with Crippen molar-refractivity contribution in [3.05, 3.63) is 60.2 Å². The Hall–Kier alpha value is -1.34. The summed E-state index contributed by atoms with van der Waals surface area (Å²) in [4.78, 5) is 11.6. The first-order chi connectivity index (χ1) is 8.31. The van der Waals surface area contributed by atoms with Crippen molar-refractivity contribution >= 4 is 34.1 Å². The Morgan fingerprint density at radius 2 is 1.65 bits per heavy atom. The van der Waals surface area contributed by atoms with Crippen LogP contribution < -0.4 is 18.5 Å². The van der Waals surface area contributed by atoms with Gasteiger partial charge in [-0.15, -0.1) is 0 Å². The Bertz CT molecular complexity index is 514. The SMILES string of the molecule is NNC(=O)c1ccccc1[Te]c1ccccc1. The molecule has 1 amide bonds. The number of carbonyl (C=O) groups is 1. The normalized spacial score (nSPS) is 9.94. The molecule has 17 heavy (non-hydrogen) atoms. The van der Waals surface area contributed by atoms with Crippen LogP contribution in [0.4, 0.5) is 0 Å². The van der Waals surface area contributed by atoms with E-state index in [0.29, 0.717) is 5.56 Å². The minimum absolute atomic E-state index is 0.221. The predicted molar refractivity (Wildman–Crippen MR) is 69.6 cm³/mol. The molecular weight excluding hydrogens is 328 g/mol. The molecule has 0 radical (unpaired) electrons. The molecular formula is C13H12N2OTe. The van der Waals surface area contributed by atoms with E-state index in [1.807, 2.05) is 42.5 Å². The second-order valence-electron chi connectivity index (χ2n) is 3.38. The van der Waals surface area contributed by atoms with E-state index in [1.54, 1.807) is 0 Å². The Morgan fingerprint density at radius 1 is 1.00 bits per heavy atom. The van der Waals surface area contributed by atoms with Gasteiger partial charge < -0.3 is 0 Å². The molecule has 0 aliphatic rings. The number of hydrazine groups is 1. The molecule has 0 saturated carbocycles. The number of hydrogen-bond acceptors (Lipinski definition) is 2. The fourth-order valence-electron chi connectivity index (χ4n) is 1.44. The van der Waals surface area contributed by atoms with Crippen LogP contribution >= 0.6 is 0 Å². The van der Waals surface area contributed by atoms with Gasteiger partial charge in [-0.05, 0) is 0 Å². The summed E-state index contributed by atoms with van der Waals surface area (Å²) in [6, 6.07) is 17.8. The molecule has 0 spiro atoms. The fraction of sp³-hybridized carbons (Fsp3) is 0. The van der Waals surface area contributed by atoms with E-state index in [2.05, 4.69) is 17.6 Å². The maximum absolute atomic E-state index is 11.6. The van der Waals surface area contributed by atoms with Crippen LogP contribution in [0.1, 0.15) is 10.4 Å². The molecule has 0 aliphatic heterocycles. The number of nitrogens with two attached hydrogens (primary N) is 1. The number of carbonyl (C=O) groups excluding carboxylic acids is 1. The third-order valence-corrected chi connectivity index (χ3v) is 5.33. The minimum atomic E-state index is -0.545. The Balaban J connectivity index is 2.30. The van der Waals surface area contributed by atoms with Crippen LogP contribution in [-0.2, 0) is 0 Å². The first kappa shape index (κ1) is 12.1. The van der Waals surface area contributed by atoms with Gasteiger partial charge in [-0.2, -0.15) is 0 Å². The van der Waals surface area contributed by atoms with Crippen LogP contribution in [0.15, 0.2) is 54.6 Å². The molecule has 3 nitrogen and oxygen atoms in total. The predicted octanol–water partition coefficient (Wildman–Crippen LogP) is -0.0549. The third-order valence-electron chi connectivity index (χ3n) is 2.23. The van der Waals surface area contributed by atoms with Crippen LogP contribution in [-0.4, -0.2) is 26.8 Å². The van der Waals surface area contributed by atoms with Crippen molar-refractivity contribution < 1.29 is 4.79 Å². The fourth-order valence-corrected chi connectivity index (χ4v) is 4.19. The second-order valence-corrected chi connectivity index (χ2v) is 6.57. The number of rotatable bonds is 3. The number of amides is 1. The molecule has 0 bridgehead atoms. The zero-order valence-electron chi connectivity index (χ0n) is 9.09. The van der Waals surface area contributed by atoms with Crippen LogP contribution in [0.3, 0.4) is 0 Å². The van der Waals surface area contributed by atoms with Crippen molar-refractivity contribution in [1.82, 2.24) is 5.43 Å². The van der Waals surface area contributed by atoms with Gasteiger partial charge in [0.1, 0.15) is 0 Å². The molecule has 0 aromatic heterocycles. The monoisotopic (exact) mass is 342 g/mol. The molecule has 2 rings (SSSR count). The molecule has 2 aromatic rings. The number of benzene rings is 2. The van der Waals surface area contributed by atoms with Gasteiger partial charge in [0.15, 0.2) is 0 Å². The maximum atomic E-state index is 11.6. The van der Waals surface area contributed by atoms with Crippen molar-refractivity contribution in [2.45, 2.75) is 0 Å². The molecule has 4 heteroatoms. The summed E-state index contributed by atoms with van der Waals surface area (Å²) in [5.41, 5.74) is 2.87. The molecule has 0 heterocycles. The average molecular weight is 340 g/mol. The third kappa shape index (κ3) is 3.07. The van der Waals surface area contributed by atoms with E-state index in [-0.39, 0.29) is 5.91 Å². The summed E-state index contributed by atoms with van der Waals surface area (Å²) in [6.45, 7) is 0. The van der Waals surface area contributed by atoms with Gasteiger partial charge in [-0.1, -0.05) is 0 Å². The van der Waals surface area contributed by atoms with E-state index in [1.165, 1.54) is 3.61 Å². The molecule has 3 N–H and O–H groups in total. The van der Waals surface area contributed by atoms with Crippen LogP contribution in [0, 0.1) is 0 Å². The van der Waals surface area contributed by atoms with E-state index in [4.69, 9.17) is 5.84 Å². The Morgan fingerprint density at radius 3 is 2.35 bits per heavy atom. The first-order valence-corrected chi connectivity index (χ1v) is 7.47. The van der Waals surface area contributed by atoms with E-state index in [0.717, 1.165) is 3.61 Å². The molecule has 86 valence electrons. The van der Waals surface area contributed by atoms with E-state index in [9.17, 15) is 4.79 Å². The van der Waals surface area contributed by atoms with E-state index < -0.39 is 20.9 Å². The average Bonchev–Trinajstić information content (AvgIpc) is 2.40. The summed E-state index contributed by atoms with van der Waals surface area (Å²) in [5, 5.41) is 0. The number of hydrogen-bond donors (Lipinski definition) is 2. The Kier molecular flexibility index (Phi) is 4.16. The van der Waals surface area contributed by atoms with E-state index >= 15 is 0 Å². The van der Waals surface area contributed by atoms with Crippen LogP contribution in [0.2, 0.25) is 0 Å². The molecule has 0 unspecified atom stereocenters. The van der Waals surface area contributed by atoms with Gasteiger partial charge in [0.2, 0.25) is 0 Å². The van der Waals surface area contributed by atoms with Gasteiger partial charge in [0.25, 0.3) is 0 Å². The molecule has 0 saturated heterocycles. The topological polar surface area (TPSA) is 55.1 Å². The van der Waals surface area contributed by atoms with Crippen molar-refractivity contribution in [3.63, 3.8) is 0 Å². The zero-order chi connectivity index (χ0) is 12.1. The van der Waals surface area contributed by atoms with Crippen molar-refractivity contribution in [2.75, 3.05) is 0 Å². The van der Waals surface area contributed by atoms with Gasteiger partial charge in [-0.3, -0.25) is 0 Å². The molecule has 0 fully saturated rings. The molecule has 2 aromatic carbocycles. The second kappa shape index (κ2) is 5.83. The summed E-state index contributed by atoms with van der Waals surface area (Å²) < 4.78 is 2.40. The Labute approximate surface area is 110 Å². The van der Waals surface area contributed by atoms with Gasteiger partial charge >= 0.3 is 110 Å². The number of nitrogens with one attached hydrogen (secondary N) is 1. The summed E-state index contributed by atoms with van der Waals surface area (Å²) >= 11 is -0.545. The van der Waals surface area contributed by atoms with Crippen molar-refractivity contribution in [3.8, 4) is 0 Å². The number of nitrogen functional groups attached to an aromatic ring is 1. The summed E-state index contributed by atoms with van der Waals surface area (Å²) in [6.07, 6.45) is 0. The van der Waals surface area contributed by atoms with Gasteiger partial charge in [0.05, 0.1) is 0 Å². The van der Waals surface area contributed by atoms with Crippen LogP contribution in [0.25, 0.3) is 0 Å². The zero-order valence-corrected chi connectivity index (χ0v) is 11.4. The van der Waals surface area contributed by atoms with Crippen molar-refractivity contribution in [2.24, 2.45) is 5.84 Å². The molecule has 0 atom stereocenters. The first-order valence-electron chi connectivity index (χ1n) is 5.14. The summed E-state index contributed by atoms with van der Waals surface area (Å²) in [5.74, 6) is 4.96. The van der Waals surface area contributed by atoms with Crippen molar-refractivity contribution in [1.29, 1.82) is 0 Å². The molecule has 0 aliphatic carbocycles. The quantitative estimate of drug-likeness (QED) is 0.356. The van der Waals surface area contributed by atoms with Gasteiger partial charge in [-0.25, -0.2) is 0 Å². The van der Waals surface area contributed by atoms with Gasteiger partial charge in [0, 0.05) is 0 Å². The standard InChI is InChI=1S/C13H12N2OTe/c14-15-13(16)11-8-4-5-9-12(11)17-10-6-2-1-3-7-10/h1-9H,14H2,(H,15,16). The van der Waals surface area contributed by atoms with Crippen LogP contribution in [0.5, 0.6) is 0 Å².